The fraction of sp³-hybridized carbons (Fsp3) is 0.0909. The first-order chi connectivity index (χ1) is 6.25. The molecular weight excluding hydrogens is 167 g/mol. The summed E-state index contributed by atoms with van der Waals surface area (Å²) in [5.74, 6) is 1.22. The van der Waals surface area contributed by atoms with Crippen LogP contribution in [0.1, 0.15) is 5.76 Å². The average molecular weight is 175 g/mol. The quantitative estimate of drug-likeness (QED) is 0.648. The zero-order valence-electron chi connectivity index (χ0n) is 7.17. The normalized spacial score (nSPS) is 10.3. The molecule has 0 N–H and O–H groups in total. The summed E-state index contributed by atoms with van der Waals surface area (Å²) in [6.07, 6.45) is 0. The second-order valence-electron chi connectivity index (χ2n) is 2.82. The van der Waals surface area contributed by atoms with E-state index in [2.05, 4.69) is 6.07 Å². The van der Waals surface area contributed by atoms with Crippen molar-refractivity contribution >= 4 is 0 Å². The van der Waals surface area contributed by atoms with Gasteiger partial charge in [0.05, 0.1) is 0 Å². The number of hydrogen-bond donors (Lipinski definition) is 0. The van der Waals surface area contributed by atoms with E-state index in [0.29, 0.717) is 0 Å². The van der Waals surface area contributed by atoms with Gasteiger partial charge in [-0.3, -0.25) is 0 Å². The molecular formula is C11H8FO. The summed E-state index contributed by atoms with van der Waals surface area (Å²) in [6.45, 7) is 1.83. The molecule has 2 aromatic rings. The molecule has 1 aromatic heterocycles. The highest BCUT2D eigenvalue weighted by Crippen LogP contribution is 2.21. The minimum Gasteiger partial charge on any atom is -0.461 e. The summed E-state index contributed by atoms with van der Waals surface area (Å²) in [6, 6.07) is 10.9. The second-order valence-corrected chi connectivity index (χ2v) is 2.82. The fourth-order valence-electron chi connectivity index (χ4n) is 1.15. The third kappa shape index (κ3) is 1.61. The van der Waals surface area contributed by atoms with Crippen LogP contribution in [0.25, 0.3) is 11.3 Å². The summed E-state index contributed by atoms with van der Waals surface area (Å²) < 4.78 is 17.9. The highest BCUT2D eigenvalue weighted by molar-refractivity contribution is 5.56. The van der Waals surface area contributed by atoms with Crippen LogP contribution in [0, 0.1) is 18.8 Å². The van der Waals surface area contributed by atoms with E-state index in [9.17, 15) is 4.39 Å². The highest BCUT2D eigenvalue weighted by atomic mass is 19.1. The smallest absolute Gasteiger partial charge is 0.134 e. The van der Waals surface area contributed by atoms with E-state index in [1.807, 2.05) is 6.92 Å². The fourth-order valence-corrected chi connectivity index (χ4v) is 1.15. The van der Waals surface area contributed by atoms with E-state index in [0.717, 1.165) is 17.1 Å². The van der Waals surface area contributed by atoms with E-state index >= 15 is 0 Å². The number of rotatable bonds is 1. The van der Waals surface area contributed by atoms with Crippen molar-refractivity contribution in [3.63, 3.8) is 0 Å². The lowest BCUT2D eigenvalue weighted by atomic mass is 10.2. The molecule has 0 unspecified atom stereocenters. The van der Waals surface area contributed by atoms with Crippen molar-refractivity contribution in [1.29, 1.82) is 0 Å². The molecule has 1 heterocycles. The molecule has 0 aliphatic heterocycles. The predicted octanol–water partition coefficient (Wildman–Crippen LogP) is 3.19. The van der Waals surface area contributed by atoms with Gasteiger partial charge in [-0.25, -0.2) is 4.39 Å². The molecule has 2 heteroatoms. The predicted molar refractivity (Wildman–Crippen MR) is 47.7 cm³/mol. The SMILES string of the molecule is Cc1[c]cc(-c2ccc(F)cc2)o1. The van der Waals surface area contributed by atoms with E-state index in [-0.39, 0.29) is 5.82 Å². The van der Waals surface area contributed by atoms with Crippen LogP contribution in [0.4, 0.5) is 4.39 Å². The van der Waals surface area contributed by atoms with Crippen LogP contribution in [0.3, 0.4) is 0 Å². The van der Waals surface area contributed by atoms with Crippen molar-refractivity contribution in [2.45, 2.75) is 6.92 Å². The summed E-state index contributed by atoms with van der Waals surface area (Å²) in [7, 11) is 0. The summed E-state index contributed by atoms with van der Waals surface area (Å²) >= 11 is 0. The molecule has 1 aromatic carbocycles. The topological polar surface area (TPSA) is 13.1 Å². The molecule has 1 radical (unpaired) electrons. The Kier molecular flexibility index (Phi) is 1.89. The first-order valence-electron chi connectivity index (χ1n) is 4.00. The van der Waals surface area contributed by atoms with Gasteiger partial charge in [-0.15, -0.1) is 0 Å². The van der Waals surface area contributed by atoms with Gasteiger partial charge in [-0.1, -0.05) is 0 Å². The van der Waals surface area contributed by atoms with E-state index < -0.39 is 0 Å². The molecule has 65 valence electrons. The van der Waals surface area contributed by atoms with E-state index in [4.69, 9.17) is 4.42 Å². The van der Waals surface area contributed by atoms with Crippen LogP contribution < -0.4 is 0 Å². The van der Waals surface area contributed by atoms with Gasteiger partial charge >= 0.3 is 0 Å². The van der Waals surface area contributed by atoms with Gasteiger partial charge < -0.3 is 4.42 Å². The standard InChI is InChI=1S/C11H8FO/c1-8-2-7-11(13-8)9-3-5-10(12)6-4-9/h3-7H,1H3. The number of hydrogen-bond acceptors (Lipinski definition) is 1. The van der Waals surface area contributed by atoms with Crippen molar-refractivity contribution < 1.29 is 8.81 Å². The molecule has 0 saturated carbocycles. The molecule has 13 heavy (non-hydrogen) atoms. The van der Waals surface area contributed by atoms with Gasteiger partial charge in [0.2, 0.25) is 0 Å². The zero-order chi connectivity index (χ0) is 9.26. The van der Waals surface area contributed by atoms with Crippen LogP contribution in [-0.4, -0.2) is 0 Å². The van der Waals surface area contributed by atoms with E-state index in [1.54, 1.807) is 18.2 Å². The third-order valence-corrected chi connectivity index (χ3v) is 1.80. The Bertz CT molecular complexity index is 400. The maximum absolute atomic E-state index is 12.6. The Hall–Kier alpha value is -1.57. The maximum Gasteiger partial charge on any atom is 0.134 e. The Balaban J connectivity index is 2.41. The van der Waals surface area contributed by atoms with Crippen LogP contribution in [0.15, 0.2) is 34.7 Å². The van der Waals surface area contributed by atoms with Gasteiger partial charge in [0.25, 0.3) is 0 Å². The van der Waals surface area contributed by atoms with Gasteiger partial charge in [0.1, 0.15) is 17.3 Å². The van der Waals surface area contributed by atoms with Crippen molar-refractivity contribution in [3.05, 3.63) is 48.0 Å². The monoisotopic (exact) mass is 175 g/mol. The van der Waals surface area contributed by atoms with Crippen molar-refractivity contribution in [2.24, 2.45) is 0 Å². The summed E-state index contributed by atoms with van der Waals surface area (Å²) in [5.41, 5.74) is 0.866. The summed E-state index contributed by atoms with van der Waals surface area (Å²) in [5, 5.41) is 0. The Morgan fingerprint density at radius 3 is 2.46 bits per heavy atom. The van der Waals surface area contributed by atoms with Crippen LogP contribution in [-0.2, 0) is 0 Å². The number of furan rings is 1. The van der Waals surface area contributed by atoms with Gasteiger partial charge in [-0.05, 0) is 37.3 Å². The Labute approximate surface area is 75.8 Å². The van der Waals surface area contributed by atoms with Gasteiger partial charge in [0.15, 0.2) is 0 Å². The van der Waals surface area contributed by atoms with Crippen LogP contribution >= 0.6 is 0 Å². The molecule has 0 fully saturated rings. The molecule has 2 rings (SSSR count). The molecule has 0 amide bonds. The lowest BCUT2D eigenvalue weighted by molar-refractivity contribution is 0.547. The lowest BCUT2D eigenvalue weighted by Crippen LogP contribution is -1.74. The molecule has 0 aliphatic carbocycles. The number of aryl methyl sites for hydroxylation is 1. The Morgan fingerprint density at radius 2 is 1.92 bits per heavy atom. The zero-order valence-corrected chi connectivity index (χ0v) is 7.17. The molecule has 1 nitrogen and oxygen atoms in total. The average Bonchev–Trinajstić information content (AvgIpc) is 2.53. The van der Waals surface area contributed by atoms with Gasteiger partial charge in [-0.2, -0.15) is 0 Å². The minimum absolute atomic E-state index is 0.240. The molecule has 0 spiro atoms. The third-order valence-electron chi connectivity index (χ3n) is 1.80. The second kappa shape index (κ2) is 3.05. The Morgan fingerprint density at radius 1 is 1.23 bits per heavy atom. The van der Waals surface area contributed by atoms with Crippen molar-refractivity contribution in [1.82, 2.24) is 0 Å². The molecule has 0 saturated heterocycles. The minimum atomic E-state index is -0.240. The number of benzene rings is 1. The number of halogens is 1. The molecule has 0 atom stereocenters. The maximum atomic E-state index is 12.6. The first kappa shape index (κ1) is 8.05. The van der Waals surface area contributed by atoms with Crippen molar-refractivity contribution in [3.8, 4) is 11.3 Å². The molecule has 0 bridgehead atoms. The van der Waals surface area contributed by atoms with Crippen LogP contribution in [0.2, 0.25) is 0 Å². The van der Waals surface area contributed by atoms with Crippen molar-refractivity contribution in [2.75, 3.05) is 0 Å². The van der Waals surface area contributed by atoms with Crippen LogP contribution in [0.5, 0.6) is 0 Å². The van der Waals surface area contributed by atoms with E-state index in [1.165, 1.54) is 12.1 Å². The van der Waals surface area contributed by atoms with Gasteiger partial charge in [0, 0.05) is 11.6 Å². The largest absolute Gasteiger partial charge is 0.461 e. The highest BCUT2D eigenvalue weighted by Gasteiger charge is 2.01. The summed E-state index contributed by atoms with van der Waals surface area (Å²) in [4.78, 5) is 0. The molecule has 0 aliphatic rings. The first-order valence-corrected chi connectivity index (χ1v) is 4.00. The lowest BCUT2D eigenvalue weighted by Gasteiger charge is -1.95.